The van der Waals surface area contributed by atoms with Gasteiger partial charge in [0.2, 0.25) is 0 Å². The molecule has 1 atom stereocenters. The monoisotopic (exact) mass is 239 g/mol. The van der Waals surface area contributed by atoms with E-state index in [1.165, 1.54) is 0 Å². The van der Waals surface area contributed by atoms with Crippen molar-refractivity contribution in [2.24, 2.45) is 5.41 Å². The average Bonchev–Trinajstić information content (AvgIpc) is 2.89. The first-order chi connectivity index (χ1) is 8.12. The largest absolute Gasteiger partial charge is 0.481 e. The van der Waals surface area contributed by atoms with E-state index >= 15 is 0 Å². The number of hydrogen-bond acceptors (Lipinski definition) is 4. The van der Waals surface area contributed by atoms with Gasteiger partial charge in [0.1, 0.15) is 11.2 Å². The van der Waals surface area contributed by atoms with E-state index in [9.17, 15) is 9.90 Å². The van der Waals surface area contributed by atoms with Crippen LogP contribution in [0.15, 0.2) is 22.8 Å². The Morgan fingerprint density at radius 2 is 2.47 bits per heavy atom. The summed E-state index contributed by atoms with van der Waals surface area (Å²) in [5, 5.41) is 9.31. The van der Waals surface area contributed by atoms with Gasteiger partial charge in [-0.2, -0.15) is 0 Å². The first kappa shape index (κ1) is 12.1. The van der Waals surface area contributed by atoms with Crippen LogP contribution in [0.5, 0.6) is 0 Å². The number of aliphatic carboxylic acids is 1. The second-order valence-corrected chi connectivity index (χ2v) is 4.64. The van der Waals surface area contributed by atoms with Gasteiger partial charge in [-0.3, -0.25) is 9.69 Å². The van der Waals surface area contributed by atoms with Crippen LogP contribution in [0.4, 0.5) is 0 Å². The Bertz CT molecular complexity index is 368. The van der Waals surface area contributed by atoms with Gasteiger partial charge in [0.15, 0.2) is 0 Å². The van der Waals surface area contributed by atoms with Gasteiger partial charge < -0.3 is 14.3 Å². The quantitative estimate of drug-likeness (QED) is 0.836. The molecule has 1 N–H and O–H groups in total. The lowest BCUT2D eigenvalue weighted by Gasteiger charge is -2.27. The molecular weight excluding hydrogens is 222 g/mol. The van der Waals surface area contributed by atoms with E-state index in [0.29, 0.717) is 32.7 Å². The molecule has 0 aromatic carbocycles. The van der Waals surface area contributed by atoms with Crippen molar-refractivity contribution in [1.82, 2.24) is 4.90 Å². The van der Waals surface area contributed by atoms with Crippen molar-refractivity contribution in [3.05, 3.63) is 24.2 Å². The van der Waals surface area contributed by atoms with Gasteiger partial charge in [-0.05, 0) is 25.6 Å². The highest BCUT2D eigenvalue weighted by molar-refractivity contribution is 5.75. The van der Waals surface area contributed by atoms with Gasteiger partial charge >= 0.3 is 5.97 Å². The lowest BCUT2D eigenvalue weighted by molar-refractivity contribution is -0.150. The molecule has 0 spiro atoms. The number of carboxylic acid groups (broad SMARTS) is 1. The van der Waals surface area contributed by atoms with Crippen LogP contribution in [-0.4, -0.2) is 42.8 Å². The molecule has 0 radical (unpaired) electrons. The minimum Gasteiger partial charge on any atom is -0.481 e. The maximum absolute atomic E-state index is 11.3. The van der Waals surface area contributed by atoms with Crippen LogP contribution in [0.1, 0.15) is 12.2 Å². The Balaban J connectivity index is 1.96. The van der Waals surface area contributed by atoms with Crippen molar-refractivity contribution in [3.8, 4) is 0 Å². The molecule has 0 bridgehead atoms. The maximum Gasteiger partial charge on any atom is 0.313 e. The Hall–Kier alpha value is -1.33. The lowest BCUT2D eigenvalue weighted by Crippen LogP contribution is -2.42. The third kappa shape index (κ3) is 2.68. The van der Waals surface area contributed by atoms with Crippen molar-refractivity contribution < 1.29 is 19.1 Å². The fourth-order valence-electron chi connectivity index (χ4n) is 2.21. The minimum absolute atomic E-state index is 0.296. The number of hydrogen-bond donors (Lipinski definition) is 1. The van der Waals surface area contributed by atoms with E-state index in [-0.39, 0.29) is 0 Å². The molecule has 2 rings (SSSR count). The molecule has 1 unspecified atom stereocenters. The highest BCUT2D eigenvalue weighted by Gasteiger charge is 2.43. The van der Waals surface area contributed by atoms with Crippen LogP contribution < -0.4 is 0 Å². The molecule has 0 saturated carbocycles. The number of nitrogens with zero attached hydrogens (tertiary/aromatic N) is 1. The number of carboxylic acids is 1. The summed E-state index contributed by atoms with van der Waals surface area (Å²) in [6.07, 6.45) is 2.19. The molecule has 1 saturated heterocycles. The Morgan fingerprint density at radius 1 is 1.65 bits per heavy atom. The van der Waals surface area contributed by atoms with E-state index in [2.05, 4.69) is 0 Å². The molecule has 5 heteroatoms. The number of ether oxygens (including phenoxy) is 1. The molecule has 94 valence electrons. The standard InChI is InChI=1S/C12H17NO4/c1-13(7-10-3-2-5-17-10)8-12(11(14)15)4-6-16-9-12/h2-3,5H,4,6-9H2,1H3,(H,14,15). The normalized spacial score (nSPS) is 24.4. The summed E-state index contributed by atoms with van der Waals surface area (Å²) in [6.45, 7) is 1.91. The Labute approximate surface area is 100.0 Å². The first-order valence-corrected chi connectivity index (χ1v) is 5.64. The van der Waals surface area contributed by atoms with Crippen LogP contribution in [0, 0.1) is 5.41 Å². The fraction of sp³-hybridized carbons (Fsp3) is 0.583. The highest BCUT2D eigenvalue weighted by atomic mass is 16.5. The third-order valence-corrected chi connectivity index (χ3v) is 3.14. The maximum atomic E-state index is 11.3. The van der Waals surface area contributed by atoms with Crippen LogP contribution in [0.3, 0.4) is 0 Å². The van der Waals surface area contributed by atoms with Crippen LogP contribution in [0.2, 0.25) is 0 Å². The summed E-state index contributed by atoms with van der Waals surface area (Å²) in [7, 11) is 1.89. The SMILES string of the molecule is CN(Cc1ccco1)CC1(C(=O)O)CCOC1. The van der Waals surface area contributed by atoms with Crippen molar-refractivity contribution in [3.63, 3.8) is 0 Å². The lowest BCUT2D eigenvalue weighted by atomic mass is 9.87. The summed E-state index contributed by atoms with van der Waals surface area (Å²) in [5.41, 5.74) is -0.763. The zero-order valence-corrected chi connectivity index (χ0v) is 9.89. The van der Waals surface area contributed by atoms with Crippen LogP contribution >= 0.6 is 0 Å². The van der Waals surface area contributed by atoms with Crippen molar-refractivity contribution >= 4 is 5.97 Å². The van der Waals surface area contributed by atoms with Gasteiger partial charge in [0, 0.05) is 13.2 Å². The van der Waals surface area contributed by atoms with Gasteiger partial charge in [0.25, 0.3) is 0 Å². The van der Waals surface area contributed by atoms with Crippen molar-refractivity contribution in [2.75, 3.05) is 26.8 Å². The van der Waals surface area contributed by atoms with Gasteiger partial charge in [-0.25, -0.2) is 0 Å². The second-order valence-electron chi connectivity index (χ2n) is 4.64. The predicted octanol–water partition coefficient (Wildman–Crippen LogP) is 1.20. The topological polar surface area (TPSA) is 62.9 Å². The van der Waals surface area contributed by atoms with Crippen LogP contribution in [-0.2, 0) is 16.1 Å². The Kier molecular flexibility index (Phi) is 3.49. The third-order valence-electron chi connectivity index (χ3n) is 3.14. The van der Waals surface area contributed by atoms with E-state index in [1.54, 1.807) is 6.26 Å². The molecule has 1 fully saturated rings. The summed E-state index contributed by atoms with van der Waals surface area (Å²) in [6, 6.07) is 3.71. The Morgan fingerprint density at radius 3 is 3.00 bits per heavy atom. The first-order valence-electron chi connectivity index (χ1n) is 5.64. The van der Waals surface area contributed by atoms with Gasteiger partial charge in [0.05, 0.1) is 19.4 Å². The molecule has 1 aromatic heterocycles. The predicted molar refractivity (Wildman–Crippen MR) is 60.5 cm³/mol. The molecule has 1 aliphatic rings. The molecular formula is C12H17NO4. The second kappa shape index (κ2) is 4.89. The van der Waals surface area contributed by atoms with E-state index in [4.69, 9.17) is 9.15 Å². The van der Waals surface area contributed by atoms with Crippen molar-refractivity contribution in [2.45, 2.75) is 13.0 Å². The summed E-state index contributed by atoms with van der Waals surface area (Å²) < 4.78 is 10.5. The molecule has 1 aromatic rings. The zero-order valence-electron chi connectivity index (χ0n) is 9.89. The smallest absolute Gasteiger partial charge is 0.313 e. The number of rotatable bonds is 5. The molecule has 1 aliphatic heterocycles. The molecule has 5 nitrogen and oxygen atoms in total. The minimum atomic E-state index is -0.777. The van der Waals surface area contributed by atoms with E-state index in [0.717, 1.165) is 5.76 Å². The number of furan rings is 1. The fourth-order valence-corrected chi connectivity index (χ4v) is 2.21. The van der Waals surface area contributed by atoms with Gasteiger partial charge in [-0.15, -0.1) is 0 Å². The van der Waals surface area contributed by atoms with Crippen molar-refractivity contribution in [1.29, 1.82) is 0 Å². The summed E-state index contributed by atoms with van der Waals surface area (Å²) in [4.78, 5) is 13.3. The number of carbonyl (C=O) groups is 1. The van der Waals surface area contributed by atoms with E-state index in [1.807, 2.05) is 24.1 Å². The summed E-state index contributed by atoms with van der Waals surface area (Å²) in [5.74, 6) is 0.0632. The molecule has 17 heavy (non-hydrogen) atoms. The average molecular weight is 239 g/mol. The zero-order chi connectivity index (χ0) is 12.3. The molecule has 0 aliphatic carbocycles. The van der Waals surface area contributed by atoms with Gasteiger partial charge in [-0.1, -0.05) is 0 Å². The van der Waals surface area contributed by atoms with E-state index < -0.39 is 11.4 Å². The van der Waals surface area contributed by atoms with Crippen LogP contribution in [0.25, 0.3) is 0 Å². The highest BCUT2D eigenvalue weighted by Crippen LogP contribution is 2.30. The molecule has 0 amide bonds. The summed E-state index contributed by atoms with van der Waals surface area (Å²) >= 11 is 0. The molecule has 2 heterocycles.